The Bertz CT molecular complexity index is 1090. The quantitative estimate of drug-likeness (QED) is 0.689. The van der Waals surface area contributed by atoms with Crippen molar-refractivity contribution in [2.24, 2.45) is 0 Å². The zero-order chi connectivity index (χ0) is 19.7. The first-order valence-corrected chi connectivity index (χ1v) is 9.38. The Balaban J connectivity index is 1.81. The largest absolute Gasteiger partial charge is 0.497 e. The van der Waals surface area contributed by atoms with E-state index in [2.05, 4.69) is 47.6 Å². The number of aromatic amines is 1. The average molecular weight is 376 g/mol. The number of benzene rings is 1. The highest BCUT2D eigenvalue weighted by Crippen LogP contribution is 2.39. The summed E-state index contributed by atoms with van der Waals surface area (Å²) in [5.74, 6) is 1.68. The maximum Gasteiger partial charge on any atom is 0.286 e. The highest BCUT2D eigenvalue weighted by atomic mass is 16.5. The summed E-state index contributed by atoms with van der Waals surface area (Å²) in [4.78, 5) is 15.5. The molecule has 1 amide bonds. The molecule has 1 aliphatic rings. The van der Waals surface area contributed by atoms with Gasteiger partial charge in [-0.3, -0.25) is 4.79 Å². The van der Waals surface area contributed by atoms with Gasteiger partial charge in [0.05, 0.1) is 7.11 Å². The molecule has 144 valence electrons. The molecular weight excluding hydrogens is 352 g/mol. The number of ether oxygens (including phenoxy) is 1. The fourth-order valence-corrected chi connectivity index (χ4v) is 3.84. The van der Waals surface area contributed by atoms with Gasteiger partial charge in [-0.1, -0.05) is 31.2 Å². The molecule has 1 atom stereocenters. The van der Waals surface area contributed by atoms with Crippen LogP contribution >= 0.6 is 0 Å². The van der Waals surface area contributed by atoms with Gasteiger partial charge in [0.25, 0.3) is 5.91 Å². The summed E-state index contributed by atoms with van der Waals surface area (Å²) in [6.07, 6.45) is 10.1. The summed E-state index contributed by atoms with van der Waals surface area (Å²) in [6, 6.07) is 9.66. The molecule has 0 radical (unpaired) electrons. The van der Waals surface area contributed by atoms with Crippen LogP contribution in [-0.4, -0.2) is 25.0 Å². The first-order valence-electron chi connectivity index (χ1n) is 9.38. The summed E-state index contributed by atoms with van der Waals surface area (Å²) in [5, 5.41) is 3.73. The minimum Gasteiger partial charge on any atom is -0.497 e. The third-order valence-corrected chi connectivity index (χ3v) is 5.40. The van der Waals surface area contributed by atoms with Gasteiger partial charge in [0.1, 0.15) is 11.5 Å². The molecule has 3 aromatic rings. The smallest absolute Gasteiger partial charge is 0.286 e. The molecule has 0 saturated heterocycles. The number of fused-ring (bicyclic) bond motifs is 1. The Morgan fingerprint density at radius 2 is 2.14 bits per heavy atom. The van der Waals surface area contributed by atoms with Crippen molar-refractivity contribution in [3.05, 3.63) is 77.4 Å². The highest BCUT2D eigenvalue weighted by Gasteiger charge is 2.30. The van der Waals surface area contributed by atoms with Gasteiger partial charge in [0.15, 0.2) is 5.76 Å². The first kappa shape index (κ1) is 18.2. The second-order valence-corrected chi connectivity index (χ2v) is 7.32. The summed E-state index contributed by atoms with van der Waals surface area (Å²) >= 11 is 0. The molecule has 0 aliphatic heterocycles. The summed E-state index contributed by atoms with van der Waals surface area (Å²) in [5.41, 5.74) is 3.24. The lowest BCUT2D eigenvalue weighted by Gasteiger charge is -2.27. The lowest BCUT2D eigenvalue weighted by molar-refractivity contribution is 0.0934. The number of aromatic nitrogens is 1. The van der Waals surface area contributed by atoms with Crippen LogP contribution in [0.15, 0.2) is 59.1 Å². The monoisotopic (exact) mass is 376 g/mol. The zero-order valence-corrected chi connectivity index (χ0v) is 16.3. The second kappa shape index (κ2) is 7.08. The Hall–Kier alpha value is -3.21. The SMILES string of the molecule is CNC(=O)c1ccc(Cc2c(C3(C)C=CC=CC3)[nH]c3cc(OC)ccc23)o1. The maximum atomic E-state index is 11.8. The van der Waals surface area contributed by atoms with Gasteiger partial charge < -0.3 is 19.5 Å². The van der Waals surface area contributed by atoms with Crippen molar-refractivity contribution in [2.75, 3.05) is 14.2 Å². The number of methoxy groups -OCH3 is 1. The molecule has 1 aliphatic carbocycles. The van der Waals surface area contributed by atoms with Crippen LogP contribution in [0, 0.1) is 0 Å². The van der Waals surface area contributed by atoms with Crippen LogP contribution in [0.25, 0.3) is 10.9 Å². The van der Waals surface area contributed by atoms with Crippen LogP contribution < -0.4 is 10.1 Å². The van der Waals surface area contributed by atoms with Gasteiger partial charge >= 0.3 is 0 Å². The number of hydrogen-bond donors (Lipinski definition) is 2. The molecule has 5 nitrogen and oxygen atoms in total. The van der Waals surface area contributed by atoms with E-state index in [1.54, 1.807) is 20.2 Å². The molecule has 28 heavy (non-hydrogen) atoms. The van der Waals surface area contributed by atoms with Crippen LogP contribution in [-0.2, 0) is 11.8 Å². The molecule has 0 bridgehead atoms. The number of nitrogens with one attached hydrogen (secondary N) is 2. The van der Waals surface area contributed by atoms with Crippen LogP contribution in [0.1, 0.15) is 40.9 Å². The third kappa shape index (κ3) is 3.13. The van der Waals surface area contributed by atoms with Crippen molar-refractivity contribution in [3.63, 3.8) is 0 Å². The number of hydrogen-bond acceptors (Lipinski definition) is 3. The number of carbonyl (C=O) groups excluding carboxylic acids is 1. The number of furan rings is 1. The van der Waals surface area contributed by atoms with E-state index in [9.17, 15) is 4.79 Å². The summed E-state index contributed by atoms with van der Waals surface area (Å²) in [6.45, 7) is 2.23. The first-order chi connectivity index (χ1) is 13.5. The standard InChI is InChI=1S/C23H24N2O3/c1-23(11-5-4-6-12-23)21-18(13-16-8-10-20(28-16)22(26)24-2)17-9-7-15(27-3)14-19(17)25-21/h4-11,14,25H,12-13H2,1-3H3,(H,24,26). The molecule has 2 aromatic heterocycles. The van der Waals surface area contributed by atoms with E-state index in [1.165, 1.54) is 5.56 Å². The number of allylic oxidation sites excluding steroid dienone is 4. The van der Waals surface area contributed by atoms with Crippen molar-refractivity contribution in [1.29, 1.82) is 0 Å². The Labute approximate surface area is 164 Å². The molecule has 2 heterocycles. The molecule has 0 fully saturated rings. The zero-order valence-electron chi connectivity index (χ0n) is 16.3. The van der Waals surface area contributed by atoms with E-state index in [0.29, 0.717) is 12.2 Å². The van der Waals surface area contributed by atoms with Crippen molar-refractivity contribution >= 4 is 16.8 Å². The maximum absolute atomic E-state index is 11.8. The van der Waals surface area contributed by atoms with Gasteiger partial charge in [0, 0.05) is 41.5 Å². The molecule has 2 N–H and O–H groups in total. The molecule has 0 saturated carbocycles. The summed E-state index contributed by atoms with van der Waals surface area (Å²) < 4.78 is 11.2. The van der Waals surface area contributed by atoms with Gasteiger partial charge in [-0.2, -0.15) is 0 Å². The second-order valence-electron chi connectivity index (χ2n) is 7.32. The van der Waals surface area contributed by atoms with Crippen molar-refractivity contribution in [3.8, 4) is 5.75 Å². The van der Waals surface area contributed by atoms with Crippen molar-refractivity contribution < 1.29 is 13.9 Å². The minimum atomic E-state index is -0.220. The van der Waals surface area contributed by atoms with E-state index < -0.39 is 0 Å². The van der Waals surface area contributed by atoms with E-state index in [0.717, 1.165) is 34.5 Å². The average Bonchev–Trinajstić information content (AvgIpc) is 3.33. The minimum absolute atomic E-state index is 0.132. The highest BCUT2D eigenvalue weighted by molar-refractivity contribution is 5.91. The Kier molecular flexibility index (Phi) is 4.59. The van der Waals surface area contributed by atoms with Crippen LogP contribution in [0.3, 0.4) is 0 Å². The number of amides is 1. The van der Waals surface area contributed by atoms with Gasteiger partial charge in [-0.25, -0.2) is 0 Å². The molecule has 5 heteroatoms. The van der Waals surface area contributed by atoms with Gasteiger partial charge in [-0.05, 0) is 36.2 Å². The van der Waals surface area contributed by atoms with Crippen molar-refractivity contribution in [2.45, 2.75) is 25.2 Å². The molecule has 4 rings (SSSR count). The predicted molar refractivity (Wildman–Crippen MR) is 110 cm³/mol. The Morgan fingerprint density at radius 3 is 2.86 bits per heavy atom. The third-order valence-electron chi connectivity index (χ3n) is 5.40. The molecule has 1 aromatic carbocycles. The molecule has 0 spiro atoms. The van der Waals surface area contributed by atoms with Crippen LogP contribution in [0.5, 0.6) is 5.75 Å². The Morgan fingerprint density at radius 1 is 1.29 bits per heavy atom. The van der Waals surface area contributed by atoms with E-state index in [4.69, 9.17) is 9.15 Å². The van der Waals surface area contributed by atoms with E-state index in [1.807, 2.05) is 18.2 Å². The molecular formula is C23H24N2O3. The lowest BCUT2D eigenvalue weighted by Crippen LogP contribution is -2.21. The fraction of sp³-hybridized carbons (Fsp3) is 0.261. The van der Waals surface area contributed by atoms with Crippen LogP contribution in [0.4, 0.5) is 0 Å². The normalized spacial score (nSPS) is 18.5. The lowest BCUT2D eigenvalue weighted by atomic mass is 9.78. The number of H-pyrrole nitrogens is 1. The number of carbonyl (C=O) groups is 1. The fourth-order valence-electron chi connectivity index (χ4n) is 3.84. The van der Waals surface area contributed by atoms with E-state index >= 15 is 0 Å². The van der Waals surface area contributed by atoms with Gasteiger partial charge in [-0.15, -0.1) is 0 Å². The number of rotatable bonds is 5. The van der Waals surface area contributed by atoms with Crippen molar-refractivity contribution in [1.82, 2.24) is 10.3 Å². The topological polar surface area (TPSA) is 67.3 Å². The summed E-state index contributed by atoms with van der Waals surface area (Å²) in [7, 11) is 3.27. The van der Waals surface area contributed by atoms with E-state index in [-0.39, 0.29) is 11.3 Å². The molecule has 1 unspecified atom stereocenters. The predicted octanol–water partition coefficient (Wildman–Crippen LogP) is 4.49. The van der Waals surface area contributed by atoms with Gasteiger partial charge in [0.2, 0.25) is 0 Å². The van der Waals surface area contributed by atoms with Crippen LogP contribution in [0.2, 0.25) is 0 Å².